The third-order valence-electron chi connectivity index (χ3n) is 4.51. The third kappa shape index (κ3) is 3.25. The molecule has 5 N–H and O–H groups in total. The van der Waals surface area contributed by atoms with Crippen LogP contribution in [0.25, 0.3) is 21.9 Å². The number of fused-ring (bicyclic) bond motifs is 2. The molecule has 3 aromatic heterocycles. The van der Waals surface area contributed by atoms with Crippen molar-refractivity contribution in [1.29, 1.82) is 0 Å². The molecular weight excluding hydrogens is 360 g/mol. The van der Waals surface area contributed by atoms with Gasteiger partial charge in [-0.3, -0.25) is 14.4 Å². The minimum atomic E-state index is -0.403. The van der Waals surface area contributed by atoms with Crippen LogP contribution >= 0.6 is 0 Å². The lowest BCUT2D eigenvalue weighted by Gasteiger charge is -2.06. The van der Waals surface area contributed by atoms with Gasteiger partial charge in [-0.1, -0.05) is 0 Å². The van der Waals surface area contributed by atoms with E-state index in [4.69, 9.17) is 0 Å². The van der Waals surface area contributed by atoms with Gasteiger partial charge in [0, 0.05) is 42.5 Å². The fourth-order valence-corrected chi connectivity index (χ4v) is 3.19. The highest BCUT2D eigenvalue weighted by Crippen LogP contribution is 2.23. The first-order chi connectivity index (χ1) is 13.5. The van der Waals surface area contributed by atoms with Crippen LogP contribution in [-0.2, 0) is 11.2 Å². The summed E-state index contributed by atoms with van der Waals surface area (Å²) >= 11 is 0. The van der Waals surface area contributed by atoms with Gasteiger partial charge in [0.1, 0.15) is 5.65 Å². The van der Waals surface area contributed by atoms with Gasteiger partial charge in [-0.25, -0.2) is 4.98 Å². The Morgan fingerprint density at radius 1 is 1.14 bits per heavy atom. The number of rotatable bonds is 5. The van der Waals surface area contributed by atoms with E-state index in [1.54, 1.807) is 6.07 Å². The molecule has 0 bridgehead atoms. The summed E-state index contributed by atoms with van der Waals surface area (Å²) in [7, 11) is 0. The fraction of sp³-hybridized carbons (Fsp3) is 0.158. The molecule has 0 saturated heterocycles. The predicted octanol–water partition coefficient (Wildman–Crippen LogP) is 1.66. The molecule has 142 valence electrons. The van der Waals surface area contributed by atoms with E-state index in [0.29, 0.717) is 24.3 Å². The molecule has 9 heteroatoms. The summed E-state index contributed by atoms with van der Waals surface area (Å²) in [6.45, 7) is 2.01. The molecule has 28 heavy (non-hydrogen) atoms. The van der Waals surface area contributed by atoms with Crippen molar-refractivity contribution in [2.24, 2.45) is 0 Å². The monoisotopic (exact) mass is 378 g/mol. The van der Waals surface area contributed by atoms with Crippen LogP contribution in [0.3, 0.4) is 0 Å². The topological polar surface area (TPSA) is 136 Å². The first-order valence-corrected chi connectivity index (χ1v) is 8.73. The van der Waals surface area contributed by atoms with E-state index in [-0.39, 0.29) is 22.4 Å². The molecule has 0 aliphatic carbocycles. The smallest absolute Gasteiger partial charge is 0.261 e. The predicted molar refractivity (Wildman–Crippen MR) is 105 cm³/mol. The van der Waals surface area contributed by atoms with Crippen molar-refractivity contribution in [2.75, 3.05) is 11.9 Å². The minimum absolute atomic E-state index is 0.0731. The van der Waals surface area contributed by atoms with Crippen molar-refractivity contribution >= 4 is 39.4 Å². The Hall–Kier alpha value is -3.88. The summed E-state index contributed by atoms with van der Waals surface area (Å²) in [5, 5.41) is 6.78. The fourth-order valence-electron chi connectivity index (χ4n) is 3.19. The molecule has 2 amide bonds. The van der Waals surface area contributed by atoms with Crippen molar-refractivity contribution in [3.63, 3.8) is 0 Å². The summed E-state index contributed by atoms with van der Waals surface area (Å²) in [5.74, 6) is -0.476. The van der Waals surface area contributed by atoms with Crippen LogP contribution in [0, 0.1) is 0 Å². The minimum Gasteiger partial charge on any atom is -0.361 e. The molecule has 0 radical (unpaired) electrons. The molecule has 4 rings (SSSR count). The van der Waals surface area contributed by atoms with Crippen LogP contribution in [0.15, 0.2) is 41.7 Å². The molecule has 0 fully saturated rings. The van der Waals surface area contributed by atoms with Gasteiger partial charge in [-0.2, -0.15) is 0 Å². The Labute approximate surface area is 158 Å². The molecule has 0 aliphatic heterocycles. The first-order valence-electron chi connectivity index (χ1n) is 8.73. The van der Waals surface area contributed by atoms with Gasteiger partial charge >= 0.3 is 0 Å². The molecule has 4 aromatic rings. The highest BCUT2D eigenvalue weighted by molar-refractivity contribution is 6.12. The number of aromatic nitrogens is 4. The molecule has 0 saturated carbocycles. The van der Waals surface area contributed by atoms with Crippen molar-refractivity contribution in [3.05, 3.63) is 58.4 Å². The summed E-state index contributed by atoms with van der Waals surface area (Å²) < 4.78 is 0. The van der Waals surface area contributed by atoms with Crippen LogP contribution in [0.5, 0.6) is 0 Å². The summed E-state index contributed by atoms with van der Waals surface area (Å²) in [4.78, 5) is 48.2. The maximum Gasteiger partial charge on any atom is 0.261 e. The average Bonchev–Trinajstić information content (AvgIpc) is 3.27. The van der Waals surface area contributed by atoms with E-state index in [2.05, 4.69) is 30.6 Å². The van der Waals surface area contributed by atoms with Crippen LogP contribution in [0.2, 0.25) is 0 Å². The lowest BCUT2D eigenvalue weighted by Crippen LogP contribution is -2.22. The Bertz CT molecular complexity index is 1250. The normalized spacial score (nSPS) is 11.0. The van der Waals surface area contributed by atoms with Gasteiger partial charge in [0.05, 0.1) is 17.3 Å². The zero-order chi connectivity index (χ0) is 19.7. The second kappa shape index (κ2) is 7.03. The number of hydrogen-bond donors (Lipinski definition) is 5. The van der Waals surface area contributed by atoms with Crippen molar-refractivity contribution in [1.82, 2.24) is 25.3 Å². The van der Waals surface area contributed by atoms with E-state index in [9.17, 15) is 14.4 Å². The number of H-pyrrole nitrogens is 3. The Balaban J connectivity index is 1.59. The van der Waals surface area contributed by atoms with Crippen LogP contribution in [0.1, 0.15) is 22.8 Å². The Morgan fingerprint density at radius 3 is 2.82 bits per heavy atom. The van der Waals surface area contributed by atoms with Crippen molar-refractivity contribution in [2.45, 2.75) is 13.3 Å². The molecule has 9 nitrogen and oxygen atoms in total. The Morgan fingerprint density at radius 2 is 2.00 bits per heavy atom. The maximum absolute atomic E-state index is 12.7. The highest BCUT2D eigenvalue weighted by Gasteiger charge is 2.16. The van der Waals surface area contributed by atoms with Crippen molar-refractivity contribution in [3.8, 4) is 0 Å². The lowest BCUT2D eigenvalue weighted by atomic mass is 10.1. The zero-order valence-electron chi connectivity index (χ0n) is 15.1. The number of nitrogens with one attached hydrogen (secondary N) is 5. The van der Waals surface area contributed by atoms with Gasteiger partial charge < -0.3 is 25.6 Å². The number of hydrogen-bond acceptors (Lipinski definition) is 4. The van der Waals surface area contributed by atoms with Crippen molar-refractivity contribution < 1.29 is 9.59 Å². The number of amides is 2. The van der Waals surface area contributed by atoms with E-state index >= 15 is 0 Å². The van der Waals surface area contributed by atoms with E-state index in [1.165, 1.54) is 19.4 Å². The molecule has 0 aliphatic rings. The first kappa shape index (κ1) is 17.5. The summed E-state index contributed by atoms with van der Waals surface area (Å²) in [6.07, 6.45) is 5.31. The quantitative estimate of drug-likeness (QED) is 0.361. The molecule has 3 heterocycles. The van der Waals surface area contributed by atoms with E-state index < -0.39 is 5.91 Å². The summed E-state index contributed by atoms with van der Waals surface area (Å²) in [5.41, 5.74) is 2.78. The molecule has 0 atom stereocenters. The largest absolute Gasteiger partial charge is 0.361 e. The second-order valence-electron chi connectivity index (χ2n) is 6.42. The van der Waals surface area contributed by atoms with E-state index in [0.717, 1.165) is 16.5 Å². The summed E-state index contributed by atoms with van der Waals surface area (Å²) in [6, 6.07) is 5.52. The highest BCUT2D eigenvalue weighted by atomic mass is 16.2. The number of nitrogens with zero attached hydrogens (tertiary/aromatic N) is 1. The van der Waals surface area contributed by atoms with Gasteiger partial charge in [0.2, 0.25) is 5.91 Å². The number of benzene rings is 1. The van der Waals surface area contributed by atoms with Crippen LogP contribution in [-0.4, -0.2) is 38.3 Å². The number of anilines is 1. The third-order valence-corrected chi connectivity index (χ3v) is 4.51. The average molecular weight is 378 g/mol. The number of carbonyl (C=O) groups excluding carboxylic acids is 2. The van der Waals surface area contributed by atoms with Crippen LogP contribution in [0.4, 0.5) is 5.69 Å². The van der Waals surface area contributed by atoms with Crippen LogP contribution < -0.4 is 16.2 Å². The molecule has 1 aromatic carbocycles. The molecule has 0 unspecified atom stereocenters. The number of aromatic amines is 3. The van der Waals surface area contributed by atoms with E-state index in [1.807, 2.05) is 18.3 Å². The molecular formula is C19H18N6O3. The van der Waals surface area contributed by atoms with Gasteiger partial charge in [0.25, 0.3) is 11.5 Å². The molecule has 0 spiro atoms. The van der Waals surface area contributed by atoms with Gasteiger partial charge in [0.15, 0.2) is 0 Å². The SMILES string of the molecule is CC(=O)NCCc1c[nH]c2ccc(NC(=O)c3c[nH]c4nc[nH]c(=O)c34)cc12. The Kier molecular flexibility index (Phi) is 4.40. The lowest BCUT2D eigenvalue weighted by molar-refractivity contribution is -0.118. The standard InChI is InChI=1S/C19H18N6O3/c1-10(26)20-5-4-11-7-21-15-3-2-12(6-13(11)15)25-18(27)14-8-22-17-16(14)19(28)24-9-23-17/h2-3,6-9,21H,4-5H2,1H3,(H,20,26)(H,25,27)(H2,22,23,24,28). The zero-order valence-corrected chi connectivity index (χ0v) is 15.1. The second-order valence-corrected chi connectivity index (χ2v) is 6.42. The van der Waals surface area contributed by atoms with Gasteiger partial charge in [-0.05, 0) is 30.2 Å². The van der Waals surface area contributed by atoms with Gasteiger partial charge in [-0.15, -0.1) is 0 Å². The maximum atomic E-state index is 12.7. The number of carbonyl (C=O) groups is 2.